The van der Waals surface area contributed by atoms with Crippen molar-refractivity contribution in [1.82, 2.24) is 0 Å². The van der Waals surface area contributed by atoms with E-state index in [0.29, 0.717) is 19.0 Å². The van der Waals surface area contributed by atoms with Crippen molar-refractivity contribution in [2.45, 2.75) is 39.0 Å². The fourth-order valence-corrected chi connectivity index (χ4v) is 2.25. The zero-order chi connectivity index (χ0) is 14.0. The van der Waals surface area contributed by atoms with Crippen LogP contribution in [0, 0.1) is 0 Å². The van der Waals surface area contributed by atoms with E-state index in [1.54, 1.807) is 6.92 Å². The minimum atomic E-state index is -0.823. The van der Waals surface area contributed by atoms with Crippen molar-refractivity contribution in [3.63, 3.8) is 0 Å². The number of rotatable bonds is 3. The van der Waals surface area contributed by atoms with Crippen molar-refractivity contribution in [3.05, 3.63) is 23.3 Å². The summed E-state index contributed by atoms with van der Waals surface area (Å²) in [5.74, 6) is 0.257. The predicted octanol–water partition coefficient (Wildman–Crippen LogP) is 3.16. The van der Waals surface area contributed by atoms with Crippen molar-refractivity contribution in [2.24, 2.45) is 0 Å². The van der Waals surface area contributed by atoms with Gasteiger partial charge in [-0.3, -0.25) is 4.79 Å². The molecule has 19 heavy (non-hydrogen) atoms. The Labute approximate surface area is 113 Å². The zero-order valence-corrected chi connectivity index (χ0v) is 11.6. The van der Waals surface area contributed by atoms with E-state index in [2.05, 4.69) is 13.8 Å². The van der Waals surface area contributed by atoms with Gasteiger partial charge in [-0.2, -0.15) is 0 Å². The van der Waals surface area contributed by atoms with Gasteiger partial charge >= 0.3 is 5.97 Å². The minimum Gasteiger partial charge on any atom is -0.490 e. The average Bonchev–Trinajstić information content (AvgIpc) is 2.60. The molecule has 0 aromatic heterocycles. The number of aliphatic carboxylic acids is 1. The van der Waals surface area contributed by atoms with Crippen LogP contribution >= 0.6 is 0 Å². The average molecular weight is 264 g/mol. The molecule has 104 valence electrons. The summed E-state index contributed by atoms with van der Waals surface area (Å²) >= 11 is 0. The zero-order valence-electron chi connectivity index (χ0n) is 11.6. The lowest BCUT2D eigenvalue weighted by Gasteiger charge is -2.19. The number of hydrogen-bond donors (Lipinski definition) is 1. The van der Waals surface area contributed by atoms with E-state index in [-0.39, 0.29) is 5.92 Å². The highest BCUT2D eigenvalue weighted by Crippen LogP contribution is 2.38. The summed E-state index contributed by atoms with van der Waals surface area (Å²) in [6, 6.07) is 3.76. The number of carboxylic acids is 1. The Bertz CT molecular complexity index is 479. The molecule has 0 fully saturated rings. The Morgan fingerprint density at radius 3 is 2.11 bits per heavy atom. The lowest BCUT2D eigenvalue weighted by molar-refractivity contribution is -0.138. The molecule has 0 spiro atoms. The summed E-state index contributed by atoms with van der Waals surface area (Å²) in [4.78, 5) is 11.2. The summed E-state index contributed by atoms with van der Waals surface area (Å²) in [5, 5.41) is 9.23. The molecule has 0 amide bonds. The van der Waals surface area contributed by atoms with Gasteiger partial charge in [-0.15, -0.1) is 0 Å². The van der Waals surface area contributed by atoms with E-state index in [1.165, 1.54) is 0 Å². The second kappa shape index (κ2) is 5.51. The molecule has 1 aromatic carbocycles. The molecule has 0 radical (unpaired) electrons. The quantitative estimate of drug-likeness (QED) is 0.911. The summed E-state index contributed by atoms with van der Waals surface area (Å²) in [6.07, 6.45) is 0.843. The molecule has 4 heteroatoms. The van der Waals surface area contributed by atoms with Gasteiger partial charge in [-0.05, 0) is 36.1 Å². The number of carboxylic acid groups (broad SMARTS) is 1. The normalized spacial score (nSPS) is 16.0. The lowest BCUT2D eigenvalue weighted by atomic mass is 9.89. The topological polar surface area (TPSA) is 55.8 Å². The van der Waals surface area contributed by atoms with E-state index in [1.807, 2.05) is 12.1 Å². The van der Waals surface area contributed by atoms with E-state index < -0.39 is 11.9 Å². The van der Waals surface area contributed by atoms with Crippen molar-refractivity contribution in [2.75, 3.05) is 13.2 Å². The van der Waals surface area contributed by atoms with Crippen molar-refractivity contribution in [3.8, 4) is 11.5 Å². The SMILES string of the molecule is CC(C)c1cc2c(cc1C(C)C(=O)O)OCCCO2. The first kappa shape index (κ1) is 13.7. The molecule has 1 N–H and O–H groups in total. The van der Waals surface area contributed by atoms with Gasteiger partial charge in [0.2, 0.25) is 0 Å². The molecule has 0 bridgehead atoms. The molecule has 0 aliphatic carbocycles. The van der Waals surface area contributed by atoms with Crippen molar-refractivity contribution in [1.29, 1.82) is 0 Å². The second-order valence-electron chi connectivity index (χ2n) is 5.19. The third kappa shape index (κ3) is 2.83. The Kier molecular flexibility index (Phi) is 3.98. The van der Waals surface area contributed by atoms with Crippen molar-refractivity contribution < 1.29 is 19.4 Å². The first-order valence-electron chi connectivity index (χ1n) is 6.67. The van der Waals surface area contributed by atoms with Gasteiger partial charge in [0.05, 0.1) is 19.1 Å². The Balaban J connectivity index is 2.51. The molecule has 4 nitrogen and oxygen atoms in total. The molecular formula is C15H20O4. The van der Waals surface area contributed by atoms with Crippen LogP contribution in [-0.2, 0) is 4.79 Å². The maximum atomic E-state index is 11.2. The molecule has 1 heterocycles. The lowest BCUT2D eigenvalue weighted by Crippen LogP contribution is -2.11. The number of carbonyl (C=O) groups is 1. The molecule has 0 saturated heterocycles. The minimum absolute atomic E-state index is 0.244. The first-order chi connectivity index (χ1) is 9.00. The van der Waals surface area contributed by atoms with Crippen LogP contribution in [0.15, 0.2) is 12.1 Å². The predicted molar refractivity (Wildman–Crippen MR) is 72.2 cm³/mol. The van der Waals surface area contributed by atoms with E-state index >= 15 is 0 Å². The fourth-order valence-electron chi connectivity index (χ4n) is 2.25. The fraction of sp³-hybridized carbons (Fsp3) is 0.533. The number of hydrogen-bond acceptors (Lipinski definition) is 3. The van der Waals surface area contributed by atoms with Crippen LogP contribution < -0.4 is 9.47 Å². The van der Waals surface area contributed by atoms with Gasteiger partial charge in [0.1, 0.15) is 0 Å². The number of ether oxygens (including phenoxy) is 2. The third-order valence-corrected chi connectivity index (χ3v) is 3.41. The maximum Gasteiger partial charge on any atom is 0.310 e. The van der Waals surface area contributed by atoms with E-state index in [4.69, 9.17) is 9.47 Å². The molecule has 0 saturated carbocycles. The highest BCUT2D eigenvalue weighted by Gasteiger charge is 2.23. The highest BCUT2D eigenvalue weighted by atomic mass is 16.5. The summed E-state index contributed by atoms with van der Waals surface area (Å²) in [7, 11) is 0. The third-order valence-electron chi connectivity index (χ3n) is 3.41. The molecule has 1 aliphatic heterocycles. The van der Waals surface area contributed by atoms with Gasteiger partial charge in [-0.25, -0.2) is 0 Å². The Morgan fingerprint density at radius 2 is 1.63 bits per heavy atom. The monoisotopic (exact) mass is 264 g/mol. The van der Waals surface area contributed by atoms with Gasteiger partial charge in [0.15, 0.2) is 11.5 Å². The highest BCUT2D eigenvalue weighted by molar-refractivity contribution is 5.76. The van der Waals surface area contributed by atoms with Crippen LogP contribution in [0.25, 0.3) is 0 Å². The van der Waals surface area contributed by atoms with Crippen LogP contribution in [0.2, 0.25) is 0 Å². The van der Waals surface area contributed by atoms with Crippen LogP contribution in [-0.4, -0.2) is 24.3 Å². The summed E-state index contributed by atoms with van der Waals surface area (Å²) < 4.78 is 11.3. The Morgan fingerprint density at radius 1 is 1.11 bits per heavy atom. The molecule has 1 atom stereocenters. The van der Waals surface area contributed by atoms with Gasteiger partial charge in [-0.1, -0.05) is 13.8 Å². The first-order valence-corrected chi connectivity index (χ1v) is 6.67. The second-order valence-corrected chi connectivity index (χ2v) is 5.19. The molecule has 1 aromatic rings. The van der Waals surface area contributed by atoms with Gasteiger partial charge in [0.25, 0.3) is 0 Å². The van der Waals surface area contributed by atoms with Gasteiger partial charge < -0.3 is 14.6 Å². The van der Waals surface area contributed by atoms with E-state index in [0.717, 1.165) is 23.3 Å². The van der Waals surface area contributed by atoms with Crippen LogP contribution in [0.3, 0.4) is 0 Å². The van der Waals surface area contributed by atoms with E-state index in [9.17, 15) is 9.90 Å². The van der Waals surface area contributed by atoms with Gasteiger partial charge in [0, 0.05) is 6.42 Å². The smallest absolute Gasteiger partial charge is 0.310 e. The molecule has 1 unspecified atom stereocenters. The summed E-state index contributed by atoms with van der Waals surface area (Å²) in [5.41, 5.74) is 1.82. The number of fused-ring (bicyclic) bond motifs is 1. The Hall–Kier alpha value is -1.71. The number of benzene rings is 1. The molecular weight excluding hydrogens is 244 g/mol. The largest absolute Gasteiger partial charge is 0.490 e. The summed E-state index contributed by atoms with van der Waals surface area (Å²) in [6.45, 7) is 7.05. The maximum absolute atomic E-state index is 11.2. The van der Waals surface area contributed by atoms with Crippen LogP contribution in [0.1, 0.15) is 50.2 Å². The molecule has 2 rings (SSSR count). The molecule has 1 aliphatic rings. The van der Waals surface area contributed by atoms with Crippen LogP contribution in [0.5, 0.6) is 11.5 Å². The van der Waals surface area contributed by atoms with Crippen LogP contribution in [0.4, 0.5) is 0 Å². The van der Waals surface area contributed by atoms with Crippen molar-refractivity contribution >= 4 is 5.97 Å². The standard InChI is InChI=1S/C15H20O4/c1-9(2)11-7-13-14(19-6-4-5-18-13)8-12(11)10(3)15(16)17/h7-10H,4-6H2,1-3H3,(H,16,17).